The zero-order valence-electron chi connectivity index (χ0n) is 11.6. The Labute approximate surface area is 115 Å². The van der Waals surface area contributed by atoms with Gasteiger partial charge in [0.15, 0.2) is 11.6 Å². The zero-order chi connectivity index (χ0) is 14.9. The first-order valence-electron chi connectivity index (χ1n) is 6.74. The molecule has 2 rings (SSSR count). The summed E-state index contributed by atoms with van der Waals surface area (Å²) in [4.78, 5) is 0. The lowest BCUT2D eigenvalue weighted by molar-refractivity contribution is -0.0547. The second kappa shape index (κ2) is 5.62. The molecular formula is C15H18F4O. The first kappa shape index (κ1) is 15.1. The third-order valence-corrected chi connectivity index (χ3v) is 4.18. The molecule has 1 fully saturated rings. The third kappa shape index (κ3) is 2.91. The first-order valence-corrected chi connectivity index (χ1v) is 6.74. The van der Waals surface area contributed by atoms with Crippen molar-refractivity contribution >= 4 is 0 Å². The Morgan fingerprint density at radius 1 is 1.05 bits per heavy atom. The van der Waals surface area contributed by atoms with E-state index < -0.39 is 23.5 Å². The summed E-state index contributed by atoms with van der Waals surface area (Å²) in [6.07, 6.45) is 1.58. The Morgan fingerprint density at radius 2 is 1.65 bits per heavy atom. The van der Waals surface area contributed by atoms with Gasteiger partial charge in [0, 0.05) is 5.92 Å². The summed E-state index contributed by atoms with van der Waals surface area (Å²) in [5.41, 5.74) is 0.265. The summed E-state index contributed by atoms with van der Waals surface area (Å²) in [6, 6.07) is 2.88. The van der Waals surface area contributed by atoms with Gasteiger partial charge < -0.3 is 4.74 Å². The molecule has 0 heterocycles. The van der Waals surface area contributed by atoms with Crippen LogP contribution in [0.3, 0.4) is 0 Å². The average Bonchev–Trinajstić information content (AvgIpc) is 2.41. The lowest BCUT2D eigenvalue weighted by atomic mass is 9.76. The van der Waals surface area contributed by atoms with E-state index in [1.54, 1.807) is 0 Å². The fourth-order valence-corrected chi connectivity index (χ4v) is 2.93. The van der Waals surface area contributed by atoms with Crippen molar-refractivity contribution in [3.63, 3.8) is 0 Å². The quantitative estimate of drug-likeness (QED) is 0.719. The van der Waals surface area contributed by atoms with Crippen LogP contribution in [0.1, 0.15) is 44.1 Å². The molecule has 0 atom stereocenters. The lowest BCUT2D eigenvalue weighted by Crippen LogP contribution is -2.28. The van der Waals surface area contributed by atoms with E-state index in [-0.39, 0.29) is 17.2 Å². The Bertz CT molecular complexity index is 473. The van der Waals surface area contributed by atoms with Crippen LogP contribution in [-0.2, 0) is 0 Å². The molecule has 1 aromatic carbocycles. The van der Waals surface area contributed by atoms with Crippen molar-refractivity contribution in [2.45, 2.75) is 44.4 Å². The standard InChI is InChI=1S/C15H18F4O/c1-15(18,19)10-5-3-9(4-6-10)11-7-8-12(20-2)14(17)13(11)16/h7-10H,3-6H2,1-2H3. The van der Waals surface area contributed by atoms with E-state index in [1.807, 2.05) is 0 Å². The smallest absolute Gasteiger partial charge is 0.248 e. The molecule has 0 bridgehead atoms. The number of methoxy groups -OCH3 is 1. The van der Waals surface area contributed by atoms with E-state index in [1.165, 1.54) is 19.2 Å². The minimum Gasteiger partial charge on any atom is -0.494 e. The monoisotopic (exact) mass is 290 g/mol. The van der Waals surface area contributed by atoms with Gasteiger partial charge in [-0.1, -0.05) is 6.07 Å². The molecule has 1 nitrogen and oxygen atoms in total. The fraction of sp³-hybridized carbons (Fsp3) is 0.600. The van der Waals surface area contributed by atoms with Crippen LogP contribution in [0.5, 0.6) is 5.75 Å². The second-order valence-electron chi connectivity index (χ2n) is 5.49. The maximum absolute atomic E-state index is 14.0. The number of rotatable bonds is 3. The number of ether oxygens (including phenoxy) is 1. The van der Waals surface area contributed by atoms with Crippen molar-refractivity contribution in [2.24, 2.45) is 5.92 Å². The van der Waals surface area contributed by atoms with Crippen LogP contribution in [0.25, 0.3) is 0 Å². The van der Waals surface area contributed by atoms with Gasteiger partial charge in [-0.2, -0.15) is 4.39 Å². The summed E-state index contributed by atoms with van der Waals surface area (Å²) < 4.78 is 58.8. The molecule has 5 heteroatoms. The van der Waals surface area contributed by atoms with Crippen molar-refractivity contribution in [1.82, 2.24) is 0 Å². The van der Waals surface area contributed by atoms with Crippen LogP contribution in [0.4, 0.5) is 17.6 Å². The van der Waals surface area contributed by atoms with Crippen molar-refractivity contribution in [2.75, 3.05) is 7.11 Å². The van der Waals surface area contributed by atoms with Crippen molar-refractivity contribution in [1.29, 1.82) is 0 Å². The van der Waals surface area contributed by atoms with Crippen LogP contribution in [0.2, 0.25) is 0 Å². The summed E-state index contributed by atoms with van der Waals surface area (Å²) in [6.45, 7) is 0.922. The summed E-state index contributed by atoms with van der Waals surface area (Å²) in [7, 11) is 1.27. The Hall–Kier alpha value is -1.26. The normalized spacial score (nSPS) is 23.7. The molecule has 1 aromatic rings. The van der Waals surface area contributed by atoms with Crippen LogP contribution >= 0.6 is 0 Å². The topological polar surface area (TPSA) is 9.23 Å². The lowest BCUT2D eigenvalue weighted by Gasteiger charge is -2.32. The van der Waals surface area contributed by atoms with Crippen LogP contribution in [0, 0.1) is 17.6 Å². The molecule has 1 aliphatic carbocycles. The molecule has 0 N–H and O–H groups in total. The highest BCUT2D eigenvalue weighted by molar-refractivity contribution is 5.33. The van der Waals surface area contributed by atoms with Gasteiger partial charge in [-0.15, -0.1) is 0 Å². The maximum atomic E-state index is 14.0. The predicted octanol–water partition coefficient (Wildman–Crippen LogP) is 4.90. The molecule has 0 aromatic heterocycles. The molecule has 0 aliphatic heterocycles. The minimum absolute atomic E-state index is 0.139. The van der Waals surface area contributed by atoms with E-state index in [0.29, 0.717) is 25.7 Å². The van der Waals surface area contributed by atoms with E-state index in [4.69, 9.17) is 4.74 Å². The van der Waals surface area contributed by atoms with Crippen molar-refractivity contribution in [3.05, 3.63) is 29.3 Å². The van der Waals surface area contributed by atoms with Gasteiger partial charge in [0.05, 0.1) is 7.11 Å². The molecule has 1 aliphatic rings. The van der Waals surface area contributed by atoms with Crippen LogP contribution < -0.4 is 4.74 Å². The highest BCUT2D eigenvalue weighted by Crippen LogP contribution is 2.43. The van der Waals surface area contributed by atoms with E-state index in [2.05, 4.69) is 0 Å². The van der Waals surface area contributed by atoms with E-state index in [0.717, 1.165) is 6.92 Å². The van der Waals surface area contributed by atoms with Crippen molar-refractivity contribution in [3.8, 4) is 5.75 Å². The summed E-state index contributed by atoms with van der Waals surface area (Å²) >= 11 is 0. The molecule has 112 valence electrons. The largest absolute Gasteiger partial charge is 0.494 e. The van der Waals surface area contributed by atoms with Gasteiger partial charge in [-0.25, -0.2) is 13.2 Å². The summed E-state index contributed by atoms with van der Waals surface area (Å²) in [5, 5.41) is 0. The molecule has 1 saturated carbocycles. The van der Waals surface area contributed by atoms with Crippen LogP contribution in [-0.4, -0.2) is 13.0 Å². The molecule has 0 radical (unpaired) electrons. The van der Waals surface area contributed by atoms with Gasteiger partial charge >= 0.3 is 0 Å². The first-order chi connectivity index (χ1) is 9.34. The van der Waals surface area contributed by atoms with Gasteiger partial charge in [-0.3, -0.25) is 0 Å². The zero-order valence-corrected chi connectivity index (χ0v) is 11.6. The highest BCUT2D eigenvalue weighted by Gasteiger charge is 2.37. The van der Waals surface area contributed by atoms with Gasteiger partial charge in [0.1, 0.15) is 0 Å². The third-order valence-electron chi connectivity index (χ3n) is 4.18. The number of hydrogen-bond donors (Lipinski definition) is 0. The van der Waals surface area contributed by atoms with Gasteiger partial charge in [0.25, 0.3) is 0 Å². The average molecular weight is 290 g/mol. The molecule has 0 unspecified atom stereocenters. The molecule has 0 spiro atoms. The number of benzene rings is 1. The second-order valence-corrected chi connectivity index (χ2v) is 5.49. The maximum Gasteiger partial charge on any atom is 0.248 e. The number of alkyl halides is 2. The van der Waals surface area contributed by atoms with Crippen molar-refractivity contribution < 1.29 is 22.3 Å². The Kier molecular flexibility index (Phi) is 4.25. The predicted molar refractivity (Wildman–Crippen MR) is 68.2 cm³/mol. The van der Waals surface area contributed by atoms with Gasteiger partial charge in [-0.05, 0) is 50.2 Å². The molecule has 20 heavy (non-hydrogen) atoms. The highest BCUT2D eigenvalue weighted by atomic mass is 19.3. The minimum atomic E-state index is -2.70. The van der Waals surface area contributed by atoms with E-state index in [9.17, 15) is 17.6 Å². The number of halogens is 4. The molecule has 0 amide bonds. The fourth-order valence-electron chi connectivity index (χ4n) is 2.93. The van der Waals surface area contributed by atoms with Crippen LogP contribution in [0.15, 0.2) is 12.1 Å². The van der Waals surface area contributed by atoms with Gasteiger partial charge in [0.2, 0.25) is 11.7 Å². The SMILES string of the molecule is COc1ccc(C2CCC(C(C)(F)F)CC2)c(F)c1F. The molecular weight excluding hydrogens is 272 g/mol. The number of hydrogen-bond acceptors (Lipinski definition) is 1. The summed E-state index contributed by atoms with van der Waals surface area (Å²) in [5.74, 6) is -5.63. The van der Waals surface area contributed by atoms with E-state index >= 15 is 0 Å². The molecule has 0 saturated heterocycles. The Morgan fingerprint density at radius 3 is 2.15 bits per heavy atom. The Balaban J connectivity index is 2.13.